The van der Waals surface area contributed by atoms with Crippen molar-refractivity contribution in [3.63, 3.8) is 0 Å². The molecule has 0 aliphatic heterocycles. The molecule has 2 aromatic rings. The second-order valence-electron chi connectivity index (χ2n) is 4.74. The largest absolute Gasteiger partial charge is 0.398 e. The highest BCUT2D eigenvalue weighted by molar-refractivity contribution is 6.33. The van der Waals surface area contributed by atoms with Crippen LogP contribution in [0.1, 0.15) is 11.1 Å². The Morgan fingerprint density at radius 2 is 1.63 bits per heavy atom. The summed E-state index contributed by atoms with van der Waals surface area (Å²) in [7, 11) is 2.05. The average Bonchev–Trinajstić information content (AvgIpc) is 2.36. The van der Waals surface area contributed by atoms with Crippen LogP contribution in [-0.4, -0.2) is 7.85 Å². The fourth-order valence-corrected chi connectivity index (χ4v) is 1.71. The molecule has 0 amide bonds. The molecule has 4 N–H and O–H groups in total. The van der Waals surface area contributed by atoms with Gasteiger partial charge in [0.15, 0.2) is 0 Å². The molecule has 4 nitrogen and oxygen atoms in total. The third-order valence-corrected chi connectivity index (χ3v) is 3.18. The van der Waals surface area contributed by atoms with Gasteiger partial charge in [-0.2, -0.15) is 5.11 Å². The van der Waals surface area contributed by atoms with Crippen LogP contribution in [0.4, 0.5) is 22.7 Å². The first-order valence-electron chi connectivity index (χ1n) is 6.12. The Balaban J connectivity index is 2.32. The van der Waals surface area contributed by atoms with Crippen molar-refractivity contribution in [1.29, 1.82) is 0 Å². The van der Waals surface area contributed by atoms with Gasteiger partial charge in [-0.05, 0) is 43.7 Å². The molecule has 0 bridgehead atoms. The van der Waals surface area contributed by atoms with Crippen LogP contribution in [0.5, 0.6) is 0 Å². The lowest BCUT2D eigenvalue weighted by atomic mass is 9.91. The normalized spacial score (nSPS) is 11.1. The fraction of sp³-hybridized carbons (Fsp3) is 0.143. The number of rotatable bonds is 2. The summed E-state index contributed by atoms with van der Waals surface area (Å²) in [6, 6.07) is 9.52. The van der Waals surface area contributed by atoms with E-state index >= 15 is 0 Å². The molecule has 0 radical (unpaired) electrons. The van der Waals surface area contributed by atoms with Crippen molar-refractivity contribution in [1.82, 2.24) is 0 Å². The number of hydrogen-bond acceptors (Lipinski definition) is 4. The molecule has 0 unspecified atom stereocenters. The molecule has 0 saturated carbocycles. The van der Waals surface area contributed by atoms with Gasteiger partial charge in [0.25, 0.3) is 0 Å². The number of aryl methyl sites for hydroxylation is 2. The third kappa shape index (κ3) is 2.93. The molecule has 2 rings (SSSR count). The lowest BCUT2D eigenvalue weighted by molar-refractivity contribution is 1.23. The van der Waals surface area contributed by atoms with Crippen LogP contribution in [0, 0.1) is 13.8 Å². The molecule has 0 spiro atoms. The minimum absolute atomic E-state index is 0.538. The van der Waals surface area contributed by atoms with Gasteiger partial charge in [0.05, 0.1) is 11.4 Å². The maximum atomic E-state index is 5.87. The summed E-state index contributed by atoms with van der Waals surface area (Å²) in [6.45, 7) is 3.99. The maximum Gasteiger partial charge on any atom is 0.139 e. The van der Waals surface area contributed by atoms with Gasteiger partial charge >= 0.3 is 0 Å². The summed E-state index contributed by atoms with van der Waals surface area (Å²) in [4.78, 5) is 0. The van der Waals surface area contributed by atoms with E-state index in [-0.39, 0.29) is 0 Å². The Hall–Kier alpha value is -2.30. The fourth-order valence-electron chi connectivity index (χ4n) is 1.71. The Morgan fingerprint density at radius 1 is 0.895 bits per heavy atom. The van der Waals surface area contributed by atoms with Gasteiger partial charge < -0.3 is 11.5 Å². The van der Waals surface area contributed by atoms with E-state index in [0.29, 0.717) is 17.1 Å². The van der Waals surface area contributed by atoms with E-state index in [0.717, 1.165) is 11.3 Å². The summed E-state index contributed by atoms with van der Waals surface area (Å²) in [5.41, 5.74) is 17.7. The van der Waals surface area contributed by atoms with Crippen LogP contribution in [0.25, 0.3) is 0 Å². The van der Waals surface area contributed by atoms with Crippen molar-refractivity contribution >= 4 is 36.1 Å². The first kappa shape index (κ1) is 13.1. The lowest BCUT2D eigenvalue weighted by Crippen LogP contribution is -2.05. The number of nitrogen functional groups attached to an aromatic ring is 2. The molecule has 5 heteroatoms. The minimum atomic E-state index is 0.538. The second-order valence-corrected chi connectivity index (χ2v) is 4.74. The lowest BCUT2D eigenvalue weighted by Gasteiger charge is -2.04. The second kappa shape index (κ2) is 5.14. The highest BCUT2D eigenvalue weighted by atomic mass is 15.1. The van der Waals surface area contributed by atoms with Gasteiger partial charge in [-0.25, -0.2) is 0 Å². The van der Waals surface area contributed by atoms with E-state index in [1.807, 2.05) is 31.2 Å². The highest BCUT2D eigenvalue weighted by Gasteiger charge is 2.02. The van der Waals surface area contributed by atoms with E-state index < -0.39 is 0 Å². The summed E-state index contributed by atoms with van der Waals surface area (Å²) in [6.07, 6.45) is 0. The van der Waals surface area contributed by atoms with E-state index in [2.05, 4.69) is 25.0 Å². The van der Waals surface area contributed by atoms with Crippen LogP contribution in [0.2, 0.25) is 0 Å². The molecule has 0 aromatic heterocycles. The standard InChI is InChI=1S/C14H17BN4/c1-8-3-4-10(6-11(8)15)18-19-14-5-9(2)12(16)7-13(14)17/h3-7H,15-17H2,1-2H3/b19-18+. The van der Waals surface area contributed by atoms with Gasteiger partial charge in [0.1, 0.15) is 13.5 Å². The van der Waals surface area contributed by atoms with Crippen molar-refractivity contribution in [2.45, 2.75) is 13.8 Å². The Kier molecular flexibility index (Phi) is 3.56. The monoisotopic (exact) mass is 252 g/mol. The third-order valence-electron chi connectivity index (χ3n) is 3.18. The number of benzene rings is 2. The van der Waals surface area contributed by atoms with Crippen LogP contribution in [0.15, 0.2) is 40.6 Å². The average molecular weight is 252 g/mol. The Labute approximate surface area is 113 Å². The van der Waals surface area contributed by atoms with Gasteiger partial charge in [-0.1, -0.05) is 17.1 Å². The molecule has 0 aliphatic carbocycles. The van der Waals surface area contributed by atoms with Gasteiger partial charge in [0.2, 0.25) is 0 Å². The van der Waals surface area contributed by atoms with Gasteiger partial charge in [-0.15, -0.1) is 5.11 Å². The molecule has 2 aromatic carbocycles. The van der Waals surface area contributed by atoms with Crippen LogP contribution < -0.4 is 16.9 Å². The zero-order valence-electron chi connectivity index (χ0n) is 11.4. The van der Waals surface area contributed by atoms with E-state index in [1.54, 1.807) is 6.07 Å². The van der Waals surface area contributed by atoms with E-state index in [4.69, 9.17) is 11.5 Å². The molecule has 96 valence electrons. The molecule has 0 aliphatic rings. The zero-order valence-corrected chi connectivity index (χ0v) is 11.4. The number of nitrogens with two attached hydrogens (primary N) is 2. The van der Waals surface area contributed by atoms with E-state index in [9.17, 15) is 0 Å². The summed E-state index contributed by atoms with van der Waals surface area (Å²) in [5.74, 6) is 0. The van der Waals surface area contributed by atoms with Gasteiger partial charge in [-0.3, -0.25) is 0 Å². The number of anilines is 2. The molecule has 19 heavy (non-hydrogen) atoms. The van der Waals surface area contributed by atoms with Crippen LogP contribution in [0.3, 0.4) is 0 Å². The molecule has 0 atom stereocenters. The van der Waals surface area contributed by atoms with E-state index in [1.165, 1.54) is 11.0 Å². The predicted octanol–water partition coefficient (Wildman–Crippen LogP) is 2.14. The van der Waals surface area contributed by atoms with Crippen molar-refractivity contribution in [2.75, 3.05) is 11.5 Å². The van der Waals surface area contributed by atoms with Crippen molar-refractivity contribution < 1.29 is 0 Å². The smallest absolute Gasteiger partial charge is 0.139 e. The summed E-state index contributed by atoms with van der Waals surface area (Å²) < 4.78 is 0. The highest BCUT2D eigenvalue weighted by Crippen LogP contribution is 2.28. The number of nitrogens with zero attached hydrogens (tertiary/aromatic N) is 2. The molecular weight excluding hydrogens is 235 g/mol. The first-order valence-corrected chi connectivity index (χ1v) is 6.12. The number of azo groups is 1. The van der Waals surface area contributed by atoms with Crippen LogP contribution >= 0.6 is 0 Å². The van der Waals surface area contributed by atoms with Crippen molar-refractivity contribution in [3.05, 3.63) is 41.5 Å². The molecule has 0 fully saturated rings. The van der Waals surface area contributed by atoms with Gasteiger partial charge in [0, 0.05) is 5.69 Å². The number of hydrogen-bond donors (Lipinski definition) is 2. The van der Waals surface area contributed by atoms with Crippen molar-refractivity contribution in [2.24, 2.45) is 10.2 Å². The predicted molar refractivity (Wildman–Crippen MR) is 83.5 cm³/mol. The molecule has 0 saturated heterocycles. The zero-order chi connectivity index (χ0) is 14.0. The van der Waals surface area contributed by atoms with Crippen molar-refractivity contribution in [3.8, 4) is 0 Å². The summed E-state index contributed by atoms with van der Waals surface area (Å²) in [5, 5.41) is 8.41. The molecule has 0 heterocycles. The Morgan fingerprint density at radius 3 is 2.32 bits per heavy atom. The SMILES string of the molecule is Bc1cc(/N=N/c2cc(C)c(N)cc2N)ccc1C. The molecular formula is C14H17BN4. The van der Waals surface area contributed by atoms with Crippen LogP contribution in [-0.2, 0) is 0 Å². The Bertz CT molecular complexity index is 650. The topological polar surface area (TPSA) is 76.8 Å². The first-order chi connectivity index (χ1) is 8.97. The summed E-state index contributed by atoms with van der Waals surface area (Å²) >= 11 is 0. The maximum absolute atomic E-state index is 5.87. The quantitative estimate of drug-likeness (QED) is 0.488. The minimum Gasteiger partial charge on any atom is -0.398 e.